The Bertz CT molecular complexity index is 630. The van der Waals surface area contributed by atoms with Crippen molar-refractivity contribution in [2.45, 2.75) is 31.7 Å². The zero-order valence-corrected chi connectivity index (χ0v) is 13.1. The van der Waals surface area contributed by atoms with Gasteiger partial charge in [-0.25, -0.2) is 4.79 Å². The smallest absolute Gasteiger partial charge is 0.338 e. The number of hydrogen-bond donors (Lipinski definition) is 1. The molecule has 1 saturated heterocycles. The van der Waals surface area contributed by atoms with Crippen LogP contribution in [-0.2, 0) is 11.3 Å². The van der Waals surface area contributed by atoms with Gasteiger partial charge in [-0.05, 0) is 24.1 Å². The Hall–Kier alpha value is -2.17. The van der Waals surface area contributed by atoms with Crippen LogP contribution in [0.4, 0.5) is 0 Å². The predicted molar refractivity (Wildman–Crippen MR) is 89.7 cm³/mol. The minimum atomic E-state index is -0.265. The Kier molecular flexibility index (Phi) is 5.05. The maximum Gasteiger partial charge on any atom is 0.338 e. The van der Waals surface area contributed by atoms with Crippen molar-refractivity contribution in [2.24, 2.45) is 5.73 Å². The number of ether oxygens (including phenoxy) is 1. The number of rotatable bonds is 4. The molecule has 0 saturated carbocycles. The van der Waals surface area contributed by atoms with Gasteiger partial charge in [-0.2, -0.15) is 0 Å². The standard InChI is InChI=1S/C19H22N2O2/c20-18-13-17(23-19(22)16-9-5-2-6-10-16)11-12-21(18)14-15-7-3-1-4-8-15/h1-10,17-18H,11-14,20H2. The molecule has 2 N–H and O–H groups in total. The van der Waals surface area contributed by atoms with Crippen LogP contribution in [0.25, 0.3) is 0 Å². The van der Waals surface area contributed by atoms with Crippen LogP contribution in [-0.4, -0.2) is 29.7 Å². The lowest BCUT2D eigenvalue weighted by Crippen LogP contribution is -2.49. The molecule has 2 unspecified atom stereocenters. The van der Waals surface area contributed by atoms with Gasteiger partial charge in [0.05, 0.1) is 11.7 Å². The highest BCUT2D eigenvalue weighted by Crippen LogP contribution is 2.20. The van der Waals surface area contributed by atoms with Gasteiger partial charge >= 0.3 is 5.97 Å². The molecule has 0 aliphatic carbocycles. The minimum absolute atomic E-state index is 0.0856. The van der Waals surface area contributed by atoms with Crippen LogP contribution in [0.5, 0.6) is 0 Å². The summed E-state index contributed by atoms with van der Waals surface area (Å²) in [6.45, 7) is 1.67. The topological polar surface area (TPSA) is 55.6 Å². The van der Waals surface area contributed by atoms with E-state index in [4.69, 9.17) is 10.5 Å². The van der Waals surface area contributed by atoms with Crippen LogP contribution in [0.3, 0.4) is 0 Å². The van der Waals surface area contributed by atoms with Gasteiger partial charge in [0.2, 0.25) is 0 Å². The van der Waals surface area contributed by atoms with Gasteiger partial charge in [0, 0.05) is 19.5 Å². The van der Waals surface area contributed by atoms with Crippen molar-refractivity contribution in [3.8, 4) is 0 Å². The third kappa shape index (κ3) is 4.18. The Morgan fingerprint density at radius 3 is 2.39 bits per heavy atom. The number of benzene rings is 2. The van der Waals surface area contributed by atoms with Crippen LogP contribution >= 0.6 is 0 Å². The van der Waals surface area contributed by atoms with Gasteiger partial charge in [-0.1, -0.05) is 48.5 Å². The summed E-state index contributed by atoms with van der Waals surface area (Å²) >= 11 is 0. The summed E-state index contributed by atoms with van der Waals surface area (Å²) in [5.74, 6) is -0.265. The number of likely N-dealkylation sites (tertiary alicyclic amines) is 1. The lowest BCUT2D eigenvalue weighted by molar-refractivity contribution is -0.00387. The zero-order valence-electron chi connectivity index (χ0n) is 13.1. The summed E-state index contributed by atoms with van der Waals surface area (Å²) in [6.07, 6.45) is 1.30. The molecule has 3 rings (SSSR count). The molecule has 0 aromatic heterocycles. The van der Waals surface area contributed by atoms with E-state index in [-0.39, 0.29) is 18.2 Å². The van der Waals surface area contributed by atoms with Gasteiger partial charge in [0.25, 0.3) is 0 Å². The van der Waals surface area contributed by atoms with Crippen LogP contribution in [0.2, 0.25) is 0 Å². The van der Waals surface area contributed by atoms with Crippen LogP contribution in [0.15, 0.2) is 60.7 Å². The molecule has 1 fully saturated rings. The molecule has 4 heteroatoms. The second-order valence-corrected chi connectivity index (χ2v) is 5.94. The second kappa shape index (κ2) is 7.40. The third-order valence-electron chi connectivity index (χ3n) is 4.22. The van der Waals surface area contributed by atoms with Crippen molar-refractivity contribution in [3.05, 3.63) is 71.8 Å². The first-order chi connectivity index (χ1) is 11.2. The Balaban J connectivity index is 1.53. The first kappa shape index (κ1) is 15.7. The molecule has 2 atom stereocenters. The fourth-order valence-electron chi connectivity index (χ4n) is 2.93. The molecule has 2 aromatic carbocycles. The highest BCUT2D eigenvalue weighted by Gasteiger charge is 2.28. The normalized spacial score (nSPS) is 21.8. The average Bonchev–Trinajstić information content (AvgIpc) is 2.59. The number of hydrogen-bond acceptors (Lipinski definition) is 4. The summed E-state index contributed by atoms with van der Waals surface area (Å²) in [6, 6.07) is 19.4. The van der Waals surface area contributed by atoms with E-state index >= 15 is 0 Å². The number of nitrogens with two attached hydrogens (primary N) is 1. The number of nitrogens with zero attached hydrogens (tertiary/aromatic N) is 1. The van der Waals surface area contributed by atoms with Crippen LogP contribution in [0.1, 0.15) is 28.8 Å². The maximum absolute atomic E-state index is 12.1. The molecule has 0 radical (unpaired) electrons. The van der Waals surface area contributed by atoms with Crippen molar-refractivity contribution in [2.75, 3.05) is 6.54 Å². The maximum atomic E-state index is 12.1. The second-order valence-electron chi connectivity index (χ2n) is 5.94. The quantitative estimate of drug-likeness (QED) is 0.882. The Morgan fingerprint density at radius 2 is 1.74 bits per heavy atom. The fourth-order valence-corrected chi connectivity index (χ4v) is 2.93. The van der Waals surface area contributed by atoms with Gasteiger partial charge in [-0.3, -0.25) is 4.90 Å². The molecule has 4 nitrogen and oxygen atoms in total. The molecule has 1 aliphatic heterocycles. The molecule has 0 amide bonds. The monoisotopic (exact) mass is 310 g/mol. The number of carbonyl (C=O) groups is 1. The summed E-state index contributed by atoms with van der Waals surface area (Å²) in [5.41, 5.74) is 8.11. The van der Waals surface area contributed by atoms with Gasteiger partial charge < -0.3 is 10.5 Å². The molecular weight excluding hydrogens is 288 g/mol. The Labute approximate surface area is 136 Å². The van der Waals surface area contributed by atoms with Crippen LogP contribution in [0, 0.1) is 0 Å². The van der Waals surface area contributed by atoms with E-state index in [0.717, 1.165) is 19.5 Å². The molecule has 2 aromatic rings. The molecule has 1 heterocycles. The van der Waals surface area contributed by atoms with E-state index in [0.29, 0.717) is 12.0 Å². The van der Waals surface area contributed by atoms with Crippen molar-refractivity contribution in [3.63, 3.8) is 0 Å². The minimum Gasteiger partial charge on any atom is -0.459 e. The van der Waals surface area contributed by atoms with Gasteiger partial charge in [0.15, 0.2) is 0 Å². The first-order valence-corrected chi connectivity index (χ1v) is 8.02. The van der Waals surface area contributed by atoms with E-state index in [1.807, 2.05) is 36.4 Å². The van der Waals surface area contributed by atoms with E-state index < -0.39 is 0 Å². The fraction of sp³-hybridized carbons (Fsp3) is 0.316. The van der Waals surface area contributed by atoms with E-state index in [2.05, 4.69) is 17.0 Å². The Morgan fingerprint density at radius 1 is 1.09 bits per heavy atom. The molecule has 23 heavy (non-hydrogen) atoms. The number of esters is 1. The summed E-state index contributed by atoms with van der Waals surface area (Å²) < 4.78 is 5.60. The summed E-state index contributed by atoms with van der Waals surface area (Å²) in [5, 5.41) is 0. The first-order valence-electron chi connectivity index (χ1n) is 8.02. The predicted octanol–water partition coefficient (Wildman–Crippen LogP) is 2.79. The molecule has 1 aliphatic rings. The molecule has 120 valence electrons. The third-order valence-corrected chi connectivity index (χ3v) is 4.22. The van der Waals surface area contributed by atoms with E-state index in [1.54, 1.807) is 12.1 Å². The highest BCUT2D eigenvalue weighted by atomic mass is 16.5. The van der Waals surface area contributed by atoms with Crippen molar-refractivity contribution in [1.29, 1.82) is 0 Å². The summed E-state index contributed by atoms with van der Waals surface area (Å²) in [4.78, 5) is 14.4. The van der Waals surface area contributed by atoms with Crippen molar-refractivity contribution < 1.29 is 9.53 Å². The zero-order chi connectivity index (χ0) is 16.1. The van der Waals surface area contributed by atoms with E-state index in [1.165, 1.54) is 5.56 Å². The van der Waals surface area contributed by atoms with E-state index in [9.17, 15) is 4.79 Å². The molecule has 0 spiro atoms. The lowest BCUT2D eigenvalue weighted by Gasteiger charge is -2.37. The van der Waals surface area contributed by atoms with Crippen LogP contribution < -0.4 is 5.73 Å². The van der Waals surface area contributed by atoms with Gasteiger partial charge in [-0.15, -0.1) is 0 Å². The lowest BCUT2D eigenvalue weighted by atomic mass is 10.0. The van der Waals surface area contributed by atoms with Crippen molar-refractivity contribution in [1.82, 2.24) is 4.90 Å². The number of piperidine rings is 1. The molecule has 0 bridgehead atoms. The summed E-state index contributed by atoms with van der Waals surface area (Å²) in [7, 11) is 0. The van der Waals surface area contributed by atoms with Crippen molar-refractivity contribution >= 4 is 5.97 Å². The SMILES string of the molecule is NC1CC(OC(=O)c2ccccc2)CCN1Cc1ccccc1. The number of carbonyl (C=O) groups excluding carboxylic acids is 1. The molecular formula is C19H22N2O2. The highest BCUT2D eigenvalue weighted by molar-refractivity contribution is 5.89. The van der Waals surface area contributed by atoms with Gasteiger partial charge in [0.1, 0.15) is 6.10 Å². The average molecular weight is 310 g/mol. The largest absolute Gasteiger partial charge is 0.459 e.